The van der Waals surface area contributed by atoms with Gasteiger partial charge in [0.2, 0.25) is 5.88 Å². The number of rotatable bonds is 9. The molecule has 152 valence electrons. The van der Waals surface area contributed by atoms with E-state index < -0.39 is 11.8 Å². The van der Waals surface area contributed by atoms with Crippen LogP contribution in [0.25, 0.3) is 10.8 Å². The number of nitrogens with two attached hydrogens (primary N) is 1. The Morgan fingerprint density at radius 3 is 2.83 bits per heavy atom. The van der Waals surface area contributed by atoms with Gasteiger partial charge < -0.3 is 24.9 Å². The van der Waals surface area contributed by atoms with Crippen LogP contribution < -0.4 is 15.2 Å². The zero-order chi connectivity index (χ0) is 21.0. The van der Waals surface area contributed by atoms with Gasteiger partial charge >= 0.3 is 0 Å². The summed E-state index contributed by atoms with van der Waals surface area (Å²) in [6.07, 6.45) is 2.19. The van der Waals surface area contributed by atoms with Crippen molar-refractivity contribution in [3.63, 3.8) is 0 Å². The van der Waals surface area contributed by atoms with Gasteiger partial charge in [-0.3, -0.25) is 4.79 Å². The topological polar surface area (TPSA) is 119 Å². The van der Waals surface area contributed by atoms with Crippen LogP contribution in [-0.2, 0) is 4.79 Å². The molecule has 1 fully saturated rings. The fourth-order valence-electron chi connectivity index (χ4n) is 3.35. The minimum absolute atomic E-state index is 0.115. The summed E-state index contributed by atoms with van der Waals surface area (Å²) < 4.78 is 11.7. The number of nitriles is 1. The Labute approximate surface area is 169 Å². The minimum atomic E-state index is -0.588. The smallest absolute Gasteiger partial charge is 0.252 e. The van der Waals surface area contributed by atoms with E-state index in [0.29, 0.717) is 42.5 Å². The summed E-state index contributed by atoms with van der Waals surface area (Å²) in [5.74, 6) is 0.0320. The van der Waals surface area contributed by atoms with Gasteiger partial charge in [0.1, 0.15) is 18.0 Å². The highest BCUT2D eigenvalue weighted by molar-refractivity contribution is 6.01. The Kier molecular flexibility index (Phi) is 6.29. The molecular weight excluding hydrogens is 372 g/mol. The van der Waals surface area contributed by atoms with Crippen molar-refractivity contribution < 1.29 is 19.1 Å². The van der Waals surface area contributed by atoms with E-state index in [-0.39, 0.29) is 6.10 Å². The molecule has 1 aromatic carbocycles. The lowest BCUT2D eigenvalue weighted by atomic mass is 9.99. The molecule has 3 rings (SSSR count). The second-order valence-corrected chi connectivity index (χ2v) is 7.48. The molecule has 8 heteroatoms. The van der Waals surface area contributed by atoms with E-state index in [1.165, 1.54) is 0 Å². The van der Waals surface area contributed by atoms with E-state index in [9.17, 15) is 9.59 Å². The van der Waals surface area contributed by atoms with Crippen LogP contribution in [0, 0.1) is 23.2 Å². The van der Waals surface area contributed by atoms with Gasteiger partial charge in [0.05, 0.1) is 24.3 Å². The van der Waals surface area contributed by atoms with Crippen molar-refractivity contribution in [2.75, 3.05) is 26.2 Å². The number of fused-ring (bicyclic) bond motifs is 1. The molecule has 1 aliphatic rings. The molecular formula is C21H24N4O4. The van der Waals surface area contributed by atoms with Gasteiger partial charge in [-0.25, -0.2) is 4.98 Å². The quantitative estimate of drug-likeness (QED) is 0.642. The zero-order valence-electron chi connectivity index (χ0n) is 16.5. The van der Waals surface area contributed by atoms with Gasteiger partial charge in [-0.05, 0) is 37.4 Å². The van der Waals surface area contributed by atoms with E-state index >= 15 is 0 Å². The van der Waals surface area contributed by atoms with Crippen molar-refractivity contribution in [1.29, 1.82) is 5.26 Å². The minimum Gasteiger partial charge on any atom is -0.490 e. The number of aldehydes is 1. The van der Waals surface area contributed by atoms with Gasteiger partial charge in [-0.2, -0.15) is 5.26 Å². The Bertz CT molecular complexity index is 948. The van der Waals surface area contributed by atoms with Crippen LogP contribution in [0.2, 0.25) is 0 Å². The average Bonchev–Trinajstić information content (AvgIpc) is 2.65. The molecule has 29 heavy (non-hydrogen) atoms. The Morgan fingerprint density at radius 2 is 2.21 bits per heavy atom. The van der Waals surface area contributed by atoms with E-state index in [4.69, 9.17) is 20.5 Å². The third-order valence-electron chi connectivity index (χ3n) is 4.73. The molecule has 1 aliphatic heterocycles. The van der Waals surface area contributed by atoms with Crippen molar-refractivity contribution in [3.05, 3.63) is 30.0 Å². The molecule has 2 N–H and O–H groups in total. The maximum absolute atomic E-state index is 11.8. The molecule has 1 amide bonds. The maximum atomic E-state index is 11.8. The Balaban J connectivity index is 1.71. The number of amides is 1. The summed E-state index contributed by atoms with van der Waals surface area (Å²) in [6, 6.07) is 7.20. The number of benzene rings is 1. The highest BCUT2D eigenvalue weighted by Gasteiger charge is 2.29. The summed E-state index contributed by atoms with van der Waals surface area (Å²) in [6.45, 7) is 6.21. The number of carbonyl (C=O) groups excluding carboxylic acids is 2. The summed E-state index contributed by atoms with van der Waals surface area (Å²) in [4.78, 5) is 28.9. The first-order valence-corrected chi connectivity index (χ1v) is 9.50. The van der Waals surface area contributed by atoms with Crippen LogP contribution in [0.15, 0.2) is 24.4 Å². The molecule has 8 nitrogen and oxygen atoms in total. The summed E-state index contributed by atoms with van der Waals surface area (Å²) in [5.41, 5.74) is 5.82. The number of aromatic nitrogens is 1. The average molecular weight is 396 g/mol. The number of likely N-dealkylation sites (tertiary alicyclic amines) is 1. The van der Waals surface area contributed by atoms with Gasteiger partial charge in [-0.15, -0.1) is 0 Å². The number of nitrogens with zero attached hydrogens (tertiary/aromatic N) is 3. The van der Waals surface area contributed by atoms with Crippen molar-refractivity contribution in [1.82, 2.24) is 9.88 Å². The first kappa shape index (κ1) is 20.6. The monoisotopic (exact) mass is 396 g/mol. The molecule has 2 aromatic rings. The molecule has 0 saturated carbocycles. The maximum Gasteiger partial charge on any atom is 0.252 e. The summed E-state index contributed by atoms with van der Waals surface area (Å²) in [7, 11) is 0. The summed E-state index contributed by atoms with van der Waals surface area (Å²) in [5, 5.41) is 10.4. The third-order valence-corrected chi connectivity index (χ3v) is 4.73. The van der Waals surface area contributed by atoms with Crippen molar-refractivity contribution >= 4 is 23.0 Å². The van der Waals surface area contributed by atoms with Crippen LogP contribution >= 0.6 is 0 Å². The van der Waals surface area contributed by atoms with Gasteiger partial charge in [0.25, 0.3) is 5.91 Å². The van der Waals surface area contributed by atoms with Crippen LogP contribution in [0.1, 0.15) is 24.2 Å². The number of ether oxygens (including phenoxy) is 2. The second kappa shape index (κ2) is 8.88. The largest absolute Gasteiger partial charge is 0.490 e. The second-order valence-electron chi connectivity index (χ2n) is 7.48. The van der Waals surface area contributed by atoms with E-state index in [1.807, 2.05) is 19.9 Å². The molecule has 2 heterocycles. The standard InChI is InChI=1S/C21H24N4O4/c1-13(2)29-19-6-17-16(5-18(19)20(23)27)3-4-24-21(17)28-12-15-9-25(10-15)8-14(7-22)11-26/h3-6,11,13-15H,8-10,12H2,1-2H3,(H2,23,27). The fraction of sp³-hybridized carbons (Fsp3) is 0.429. The third kappa shape index (κ3) is 4.81. The molecule has 0 radical (unpaired) electrons. The fourth-order valence-corrected chi connectivity index (χ4v) is 3.35. The molecule has 1 unspecified atom stereocenters. The van der Waals surface area contributed by atoms with Crippen LogP contribution in [-0.4, -0.2) is 54.4 Å². The predicted molar refractivity (Wildman–Crippen MR) is 107 cm³/mol. The first-order valence-electron chi connectivity index (χ1n) is 9.50. The lowest BCUT2D eigenvalue weighted by Gasteiger charge is -2.39. The molecule has 1 atom stereocenters. The van der Waals surface area contributed by atoms with Crippen molar-refractivity contribution in [2.24, 2.45) is 17.6 Å². The Hall–Kier alpha value is -3.18. The zero-order valence-corrected chi connectivity index (χ0v) is 16.5. The van der Waals surface area contributed by atoms with Gasteiger partial charge in [0.15, 0.2) is 0 Å². The highest BCUT2D eigenvalue weighted by Crippen LogP contribution is 2.32. The summed E-state index contributed by atoms with van der Waals surface area (Å²) >= 11 is 0. The molecule has 0 spiro atoms. The van der Waals surface area contributed by atoms with Crippen molar-refractivity contribution in [2.45, 2.75) is 20.0 Å². The van der Waals surface area contributed by atoms with Crippen LogP contribution in [0.5, 0.6) is 11.6 Å². The number of carbonyl (C=O) groups is 2. The van der Waals surface area contributed by atoms with E-state index in [1.54, 1.807) is 24.4 Å². The molecule has 1 aromatic heterocycles. The van der Waals surface area contributed by atoms with E-state index in [0.717, 1.165) is 23.9 Å². The lowest BCUT2D eigenvalue weighted by Crippen LogP contribution is -2.50. The predicted octanol–water partition coefficient (Wildman–Crippen LogP) is 1.77. The van der Waals surface area contributed by atoms with Crippen LogP contribution in [0.3, 0.4) is 0 Å². The molecule has 0 aliphatic carbocycles. The lowest BCUT2D eigenvalue weighted by molar-refractivity contribution is -0.110. The number of hydrogen-bond acceptors (Lipinski definition) is 7. The van der Waals surface area contributed by atoms with Gasteiger partial charge in [-0.1, -0.05) is 0 Å². The first-order chi connectivity index (χ1) is 13.9. The van der Waals surface area contributed by atoms with E-state index in [2.05, 4.69) is 9.88 Å². The number of hydrogen-bond donors (Lipinski definition) is 1. The van der Waals surface area contributed by atoms with Gasteiger partial charge in [0, 0.05) is 37.1 Å². The van der Waals surface area contributed by atoms with Crippen molar-refractivity contribution in [3.8, 4) is 17.7 Å². The molecule has 0 bridgehead atoms. The number of primary amides is 1. The molecule has 1 saturated heterocycles. The SMILES string of the molecule is CC(C)Oc1cc2c(OCC3CN(CC(C#N)C=O)C3)nccc2cc1C(N)=O. The number of pyridine rings is 1. The Morgan fingerprint density at radius 1 is 1.45 bits per heavy atom. The highest BCUT2D eigenvalue weighted by atomic mass is 16.5. The normalized spacial score (nSPS) is 15.5. The van der Waals surface area contributed by atoms with Crippen LogP contribution in [0.4, 0.5) is 0 Å².